The van der Waals surface area contributed by atoms with E-state index >= 15 is 0 Å². The van der Waals surface area contributed by atoms with Gasteiger partial charge in [0, 0.05) is 21.7 Å². The fourth-order valence-corrected chi connectivity index (χ4v) is 3.42. The standard InChI is InChI=1S/C22H13BrF2N2O2/c23-14-6-9-19(18(25)11-14)26-22(29)21(28)20-17(13-4-7-15(24)8-5-13)12-16-3-1-2-10-27(16)20/h1-12H,(H,26,29). The van der Waals surface area contributed by atoms with E-state index in [1.54, 1.807) is 40.9 Å². The average Bonchev–Trinajstić information content (AvgIpc) is 3.09. The minimum absolute atomic E-state index is 0.101. The van der Waals surface area contributed by atoms with E-state index in [0.29, 0.717) is 21.1 Å². The molecular weight excluding hydrogens is 442 g/mol. The Morgan fingerprint density at radius 1 is 0.931 bits per heavy atom. The summed E-state index contributed by atoms with van der Waals surface area (Å²) >= 11 is 3.14. The van der Waals surface area contributed by atoms with E-state index in [-0.39, 0.29) is 11.4 Å². The first kappa shape index (κ1) is 19.0. The second-order valence-corrected chi connectivity index (χ2v) is 7.23. The number of rotatable bonds is 4. The number of anilines is 1. The molecule has 1 amide bonds. The van der Waals surface area contributed by atoms with E-state index in [1.165, 1.54) is 36.4 Å². The van der Waals surface area contributed by atoms with Crippen LogP contribution in [0.15, 0.2) is 77.4 Å². The van der Waals surface area contributed by atoms with Crippen molar-refractivity contribution in [3.63, 3.8) is 0 Å². The van der Waals surface area contributed by atoms with Gasteiger partial charge in [0.05, 0.1) is 5.69 Å². The molecule has 2 aromatic carbocycles. The highest BCUT2D eigenvalue weighted by Crippen LogP contribution is 2.29. The number of Topliss-reactive ketones (excluding diaryl/α,β-unsaturated/α-hetero) is 1. The Morgan fingerprint density at radius 3 is 2.41 bits per heavy atom. The van der Waals surface area contributed by atoms with E-state index in [1.807, 2.05) is 0 Å². The van der Waals surface area contributed by atoms with Gasteiger partial charge in [0.1, 0.15) is 17.3 Å². The van der Waals surface area contributed by atoms with Crippen LogP contribution in [0.5, 0.6) is 0 Å². The Hall–Kier alpha value is -3.32. The number of hydrogen-bond acceptors (Lipinski definition) is 2. The Morgan fingerprint density at radius 2 is 1.69 bits per heavy atom. The number of carbonyl (C=O) groups excluding carboxylic acids is 2. The lowest BCUT2D eigenvalue weighted by molar-refractivity contribution is -0.112. The summed E-state index contributed by atoms with van der Waals surface area (Å²) < 4.78 is 29.5. The second kappa shape index (κ2) is 7.60. The monoisotopic (exact) mass is 454 g/mol. The number of amides is 1. The van der Waals surface area contributed by atoms with E-state index < -0.39 is 23.3 Å². The van der Waals surface area contributed by atoms with Crippen LogP contribution in [0.25, 0.3) is 16.6 Å². The quantitative estimate of drug-likeness (QED) is 0.328. The van der Waals surface area contributed by atoms with Crippen molar-refractivity contribution in [2.45, 2.75) is 0 Å². The maximum absolute atomic E-state index is 14.1. The molecule has 2 aromatic heterocycles. The molecule has 0 saturated carbocycles. The van der Waals surface area contributed by atoms with Crippen molar-refractivity contribution in [2.75, 3.05) is 5.32 Å². The highest BCUT2D eigenvalue weighted by molar-refractivity contribution is 9.10. The Bertz CT molecular complexity index is 1250. The van der Waals surface area contributed by atoms with Gasteiger partial charge in [-0.15, -0.1) is 0 Å². The maximum atomic E-state index is 14.1. The average molecular weight is 455 g/mol. The molecule has 0 unspecified atom stereocenters. The van der Waals surface area contributed by atoms with Crippen LogP contribution in [0.3, 0.4) is 0 Å². The van der Waals surface area contributed by atoms with Crippen molar-refractivity contribution in [1.29, 1.82) is 0 Å². The first-order valence-electron chi connectivity index (χ1n) is 8.61. The fraction of sp³-hybridized carbons (Fsp3) is 0. The molecule has 0 bridgehead atoms. The molecule has 4 nitrogen and oxygen atoms in total. The number of carbonyl (C=O) groups is 2. The summed E-state index contributed by atoms with van der Waals surface area (Å²) in [6, 6.07) is 16.8. The number of fused-ring (bicyclic) bond motifs is 1. The minimum atomic E-state index is -0.974. The molecule has 0 saturated heterocycles. The molecule has 0 aliphatic heterocycles. The summed E-state index contributed by atoms with van der Waals surface area (Å²) in [5, 5.41) is 2.32. The summed E-state index contributed by atoms with van der Waals surface area (Å²) in [6.07, 6.45) is 1.66. The van der Waals surface area contributed by atoms with Crippen LogP contribution in [0.1, 0.15) is 10.5 Å². The Labute approximate surface area is 172 Å². The molecule has 0 aliphatic carbocycles. The van der Waals surface area contributed by atoms with Crippen molar-refractivity contribution in [3.8, 4) is 11.1 Å². The van der Waals surface area contributed by atoms with E-state index in [2.05, 4.69) is 21.2 Å². The molecule has 4 aromatic rings. The van der Waals surface area contributed by atoms with Gasteiger partial charge >= 0.3 is 0 Å². The van der Waals surface area contributed by atoms with Crippen molar-refractivity contribution < 1.29 is 18.4 Å². The summed E-state index contributed by atoms with van der Waals surface area (Å²) in [5.41, 5.74) is 1.77. The number of ketones is 1. The zero-order valence-electron chi connectivity index (χ0n) is 14.8. The number of nitrogens with zero attached hydrogens (tertiary/aromatic N) is 1. The van der Waals surface area contributed by atoms with E-state index in [4.69, 9.17) is 0 Å². The first-order valence-corrected chi connectivity index (χ1v) is 9.40. The van der Waals surface area contributed by atoms with E-state index in [0.717, 1.165) is 0 Å². The maximum Gasteiger partial charge on any atom is 0.298 e. The molecule has 0 atom stereocenters. The summed E-state index contributed by atoms with van der Waals surface area (Å²) in [5.74, 6) is -2.88. The van der Waals surface area contributed by atoms with Crippen LogP contribution < -0.4 is 5.32 Å². The smallest absolute Gasteiger partial charge is 0.298 e. The molecule has 0 aliphatic rings. The van der Waals surface area contributed by atoms with Crippen molar-refractivity contribution >= 4 is 38.8 Å². The molecule has 4 rings (SSSR count). The van der Waals surface area contributed by atoms with Crippen molar-refractivity contribution in [3.05, 3.63) is 94.7 Å². The zero-order chi connectivity index (χ0) is 20.5. The first-order chi connectivity index (χ1) is 13.9. The molecule has 1 N–H and O–H groups in total. The molecule has 0 fully saturated rings. The Balaban J connectivity index is 1.77. The van der Waals surface area contributed by atoms with Crippen LogP contribution in [-0.4, -0.2) is 16.1 Å². The number of hydrogen-bond donors (Lipinski definition) is 1. The van der Waals surface area contributed by atoms with Gasteiger partial charge in [-0.25, -0.2) is 8.78 Å². The third kappa shape index (κ3) is 3.69. The van der Waals surface area contributed by atoms with Crippen LogP contribution >= 0.6 is 15.9 Å². The predicted octanol–water partition coefficient (Wildman–Crippen LogP) is 5.47. The summed E-state index contributed by atoms with van der Waals surface area (Å²) in [4.78, 5) is 25.6. The van der Waals surface area contributed by atoms with E-state index in [9.17, 15) is 18.4 Å². The molecule has 2 heterocycles. The van der Waals surface area contributed by atoms with Gasteiger partial charge in [-0.05, 0) is 54.1 Å². The second-order valence-electron chi connectivity index (χ2n) is 6.32. The highest BCUT2D eigenvalue weighted by Gasteiger charge is 2.25. The number of aromatic nitrogens is 1. The normalized spacial score (nSPS) is 10.9. The number of nitrogens with one attached hydrogen (secondary N) is 1. The fourth-order valence-electron chi connectivity index (χ4n) is 3.08. The van der Waals surface area contributed by atoms with Crippen molar-refractivity contribution in [1.82, 2.24) is 4.40 Å². The number of benzene rings is 2. The lowest BCUT2D eigenvalue weighted by atomic mass is 10.0. The van der Waals surface area contributed by atoms with Crippen molar-refractivity contribution in [2.24, 2.45) is 0 Å². The third-order valence-electron chi connectivity index (χ3n) is 4.44. The topological polar surface area (TPSA) is 50.6 Å². The SMILES string of the molecule is O=C(Nc1ccc(Br)cc1F)C(=O)c1c(-c2ccc(F)cc2)cc2ccccn12. The number of pyridine rings is 1. The highest BCUT2D eigenvalue weighted by atomic mass is 79.9. The van der Waals surface area contributed by atoms with Crippen LogP contribution in [0, 0.1) is 11.6 Å². The van der Waals surface area contributed by atoms with Gasteiger partial charge in [0.15, 0.2) is 0 Å². The van der Waals surface area contributed by atoms with Crippen LogP contribution in [0.2, 0.25) is 0 Å². The third-order valence-corrected chi connectivity index (χ3v) is 4.93. The molecule has 7 heteroatoms. The minimum Gasteiger partial charge on any atom is -0.317 e. The van der Waals surface area contributed by atoms with Gasteiger partial charge in [-0.2, -0.15) is 0 Å². The van der Waals surface area contributed by atoms with Gasteiger partial charge in [0.25, 0.3) is 11.7 Å². The zero-order valence-corrected chi connectivity index (χ0v) is 16.4. The van der Waals surface area contributed by atoms with Gasteiger partial charge in [-0.1, -0.05) is 34.1 Å². The molecule has 0 spiro atoms. The van der Waals surface area contributed by atoms with Gasteiger partial charge in [0.2, 0.25) is 0 Å². The summed E-state index contributed by atoms with van der Waals surface area (Å²) in [7, 11) is 0. The van der Waals surface area contributed by atoms with Gasteiger partial charge < -0.3 is 9.72 Å². The molecule has 144 valence electrons. The molecular formula is C22H13BrF2N2O2. The molecule has 29 heavy (non-hydrogen) atoms. The Kier molecular flexibility index (Phi) is 4.98. The van der Waals surface area contributed by atoms with Crippen LogP contribution in [-0.2, 0) is 4.79 Å². The number of halogens is 3. The lowest BCUT2D eigenvalue weighted by Gasteiger charge is -2.08. The van der Waals surface area contributed by atoms with Gasteiger partial charge in [-0.3, -0.25) is 9.59 Å². The largest absolute Gasteiger partial charge is 0.317 e. The molecule has 0 radical (unpaired) electrons. The van der Waals surface area contributed by atoms with Crippen LogP contribution in [0.4, 0.5) is 14.5 Å². The predicted molar refractivity (Wildman–Crippen MR) is 110 cm³/mol. The lowest BCUT2D eigenvalue weighted by Crippen LogP contribution is -2.25. The summed E-state index contributed by atoms with van der Waals surface area (Å²) in [6.45, 7) is 0.